The zero-order valence-electron chi connectivity index (χ0n) is 19.7. The molecule has 2 N–H and O–H groups in total. The van der Waals surface area contributed by atoms with Crippen molar-refractivity contribution in [3.63, 3.8) is 0 Å². The van der Waals surface area contributed by atoms with Gasteiger partial charge in [-0.05, 0) is 12.1 Å². The molecule has 0 spiro atoms. The molecular formula is C21H17LiN2O11S2. The van der Waals surface area contributed by atoms with Crippen molar-refractivity contribution in [2.24, 2.45) is 0 Å². The maximum Gasteiger partial charge on any atom is 1.00 e. The number of carbonyl (C=O) groups excluding carboxylic acids is 1. The predicted molar refractivity (Wildman–Crippen MR) is 130 cm³/mol. The summed E-state index contributed by atoms with van der Waals surface area (Å²) in [6, 6.07) is 8.70. The fraction of sp³-hybridized carbons (Fsp3) is 0.143. The van der Waals surface area contributed by atoms with E-state index in [4.69, 9.17) is 14.6 Å². The fourth-order valence-corrected chi connectivity index (χ4v) is 4.93. The molecule has 0 fully saturated rings. The van der Waals surface area contributed by atoms with Gasteiger partial charge in [0.1, 0.15) is 9.75 Å². The van der Waals surface area contributed by atoms with E-state index >= 15 is 0 Å². The molecule has 0 saturated carbocycles. The maximum absolute atomic E-state index is 11.4. The predicted octanol–water partition coefficient (Wildman–Crippen LogP) is 1.95. The summed E-state index contributed by atoms with van der Waals surface area (Å²) in [5.74, 6) is -1.21. The molecule has 2 aromatic carbocycles. The monoisotopic (exact) mass is 544 g/mol. The Kier molecular flexibility index (Phi) is 11.0. The number of carboxylic acids is 1. The van der Waals surface area contributed by atoms with Gasteiger partial charge in [-0.2, -0.15) is 0 Å². The van der Waals surface area contributed by atoms with Crippen LogP contribution >= 0.6 is 22.7 Å². The molecule has 0 atom stereocenters. The summed E-state index contributed by atoms with van der Waals surface area (Å²) in [4.78, 5) is 43.3. The number of benzene rings is 2. The van der Waals surface area contributed by atoms with Crippen molar-refractivity contribution in [3.8, 4) is 11.5 Å². The number of esters is 1. The number of carboxylic acid groups (broad SMARTS) is 1. The summed E-state index contributed by atoms with van der Waals surface area (Å²) < 4.78 is 15.8. The second kappa shape index (κ2) is 13.0. The summed E-state index contributed by atoms with van der Waals surface area (Å²) in [7, 11) is 3.98. The normalized spacial score (nSPS) is 9.81. The van der Waals surface area contributed by atoms with E-state index in [9.17, 15) is 29.8 Å². The molecule has 0 unspecified atom stereocenters. The molecule has 13 nitrogen and oxygen atoms in total. The molecule has 37 heavy (non-hydrogen) atoms. The van der Waals surface area contributed by atoms with Crippen LogP contribution in [-0.2, 0) is 4.74 Å². The second-order valence-electron chi connectivity index (χ2n) is 6.66. The molecule has 0 saturated heterocycles. The van der Waals surface area contributed by atoms with E-state index in [-0.39, 0.29) is 52.1 Å². The number of nitro benzene ring substituents is 2. The number of rotatable bonds is 6. The summed E-state index contributed by atoms with van der Waals surface area (Å²) in [6.45, 7) is 0. The van der Waals surface area contributed by atoms with Gasteiger partial charge in [0, 0.05) is 44.4 Å². The molecule has 0 aliphatic heterocycles. The molecular weight excluding hydrogens is 527 g/mol. The SMILES string of the molecule is COC(=O)c1cc2cc([N+](=O)[O-])c(OC)cc2s1.COc1cc2sc(C(=O)O)cc2cc1[N+](=O)[O-].[Li+].[OH-]. The van der Waals surface area contributed by atoms with Gasteiger partial charge in [0.15, 0.2) is 11.5 Å². The van der Waals surface area contributed by atoms with Crippen LogP contribution in [0.2, 0.25) is 0 Å². The second-order valence-corrected chi connectivity index (χ2v) is 8.82. The number of ether oxygens (including phenoxy) is 3. The number of hydrogen-bond acceptors (Lipinski definition) is 12. The van der Waals surface area contributed by atoms with Crippen molar-refractivity contribution >= 4 is 66.2 Å². The van der Waals surface area contributed by atoms with E-state index in [0.29, 0.717) is 20.3 Å². The first-order valence-corrected chi connectivity index (χ1v) is 11.1. The Hall–Kier alpha value is -3.74. The Morgan fingerprint density at radius 3 is 1.54 bits per heavy atom. The Morgan fingerprint density at radius 1 is 0.784 bits per heavy atom. The van der Waals surface area contributed by atoms with E-state index in [1.54, 1.807) is 12.1 Å². The third-order valence-corrected chi connectivity index (χ3v) is 6.79. The van der Waals surface area contributed by atoms with Gasteiger partial charge < -0.3 is 24.8 Å². The van der Waals surface area contributed by atoms with Crippen molar-refractivity contribution in [1.82, 2.24) is 0 Å². The van der Waals surface area contributed by atoms with Crippen molar-refractivity contribution < 1.29 is 63.1 Å². The van der Waals surface area contributed by atoms with Crippen molar-refractivity contribution in [3.05, 3.63) is 66.4 Å². The molecule has 4 aromatic rings. The van der Waals surface area contributed by atoms with Crippen LogP contribution in [0.4, 0.5) is 11.4 Å². The van der Waals surface area contributed by atoms with Crippen LogP contribution in [0.3, 0.4) is 0 Å². The molecule has 16 heteroatoms. The number of fused-ring (bicyclic) bond motifs is 2. The number of methoxy groups -OCH3 is 3. The zero-order chi connectivity index (χ0) is 25.9. The first kappa shape index (κ1) is 31.3. The number of aromatic carboxylic acids is 1. The van der Waals surface area contributed by atoms with Crippen LogP contribution in [0.15, 0.2) is 36.4 Å². The molecule has 4 rings (SSSR count). The largest absolute Gasteiger partial charge is 1.00 e. The molecule has 0 radical (unpaired) electrons. The molecule has 2 heterocycles. The van der Waals surface area contributed by atoms with Crippen molar-refractivity contribution in [1.29, 1.82) is 0 Å². The summed E-state index contributed by atoms with van der Waals surface area (Å²) in [5, 5.41) is 31.6. The topological polar surface area (TPSA) is 198 Å². The minimum atomic E-state index is -1.05. The van der Waals surface area contributed by atoms with Crippen LogP contribution in [0, 0.1) is 20.2 Å². The minimum Gasteiger partial charge on any atom is -0.870 e. The molecule has 0 amide bonds. The van der Waals surface area contributed by atoms with Gasteiger partial charge in [-0.25, -0.2) is 9.59 Å². The Labute approximate surface area is 228 Å². The summed E-state index contributed by atoms with van der Waals surface area (Å²) in [6.07, 6.45) is 0. The third kappa shape index (κ3) is 6.73. The smallest absolute Gasteiger partial charge is 0.870 e. The van der Waals surface area contributed by atoms with Crippen LogP contribution in [0.25, 0.3) is 20.2 Å². The van der Waals surface area contributed by atoms with Gasteiger partial charge in [-0.1, -0.05) is 0 Å². The molecule has 0 bridgehead atoms. The van der Waals surface area contributed by atoms with Crippen LogP contribution in [0.5, 0.6) is 11.5 Å². The Morgan fingerprint density at radius 2 is 1.19 bits per heavy atom. The Bertz CT molecular complexity index is 1480. The van der Waals surface area contributed by atoms with Crippen LogP contribution in [0.1, 0.15) is 19.3 Å². The van der Waals surface area contributed by atoms with Gasteiger partial charge in [0.2, 0.25) is 0 Å². The Balaban J connectivity index is 0.000000351. The van der Waals surface area contributed by atoms with Crippen molar-refractivity contribution in [2.75, 3.05) is 21.3 Å². The van der Waals surface area contributed by atoms with Gasteiger partial charge in [0.25, 0.3) is 0 Å². The average molecular weight is 544 g/mol. The quantitative estimate of drug-likeness (QED) is 0.161. The van der Waals surface area contributed by atoms with Gasteiger partial charge in [0.05, 0.1) is 31.2 Å². The number of carbonyl (C=O) groups is 2. The van der Waals surface area contributed by atoms with Crippen LogP contribution in [-0.4, -0.2) is 53.7 Å². The molecule has 0 aliphatic carbocycles. The fourth-order valence-electron chi connectivity index (χ4n) is 3.03. The summed E-state index contributed by atoms with van der Waals surface area (Å²) in [5.41, 5.74) is -0.297. The van der Waals surface area contributed by atoms with E-state index in [1.165, 1.54) is 56.9 Å². The van der Waals surface area contributed by atoms with E-state index < -0.39 is 21.8 Å². The first-order valence-electron chi connectivity index (χ1n) is 9.43. The van der Waals surface area contributed by atoms with Gasteiger partial charge in [-0.15, -0.1) is 22.7 Å². The molecule has 2 aromatic heterocycles. The standard InChI is InChI=1S/C11H9NO5S.C10H7NO5S.Li.H2O/c1-16-8-5-9-6(3-7(8)12(14)15)4-10(18-9)11(13)17-2;1-16-7-4-8-5(2-6(7)11(14)15)3-9(17-8)10(12)13;;/h3-5H,1-2H3;2-4H,1H3,(H,12,13);;1H2/q;;+1;/p-1. The number of thiophene rings is 2. The summed E-state index contributed by atoms with van der Waals surface area (Å²) >= 11 is 2.26. The number of nitro groups is 2. The minimum absolute atomic E-state index is 0. The van der Waals surface area contributed by atoms with Gasteiger partial charge in [-0.3, -0.25) is 20.2 Å². The zero-order valence-corrected chi connectivity index (χ0v) is 21.4. The third-order valence-electron chi connectivity index (χ3n) is 4.63. The maximum atomic E-state index is 11.4. The first-order chi connectivity index (χ1) is 16.6. The van der Waals surface area contributed by atoms with E-state index in [0.717, 1.165) is 16.0 Å². The van der Waals surface area contributed by atoms with Crippen molar-refractivity contribution in [2.45, 2.75) is 0 Å². The number of nitrogens with zero attached hydrogens (tertiary/aromatic N) is 2. The van der Waals surface area contributed by atoms with E-state index in [1.807, 2.05) is 0 Å². The molecule has 0 aliphatic rings. The number of hydrogen-bond donors (Lipinski definition) is 1. The average Bonchev–Trinajstić information content (AvgIpc) is 3.45. The molecule has 190 valence electrons. The van der Waals surface area contributed by atoms with E-state index in [2.05, 4.69) is 4.74 Å². The van der Waals surface area contributed by atoms with Gasteiger partial charge >= 0.3 is 42.2 Å². The van der Waals surface area contributed by atoms with Crippen LogP contribution < -0.4 is 28.3 Å².